The molecule has 3 rings (SSSR count). The standard InChI is InChI=1S/C19H26N4O2/c1-13(2)15-4-6-16(7-5-15)19-21-17(25-22-19)8-9-18(24)23-11-10-20-12-14(23)3/h4-7,13-14,20H,8-12H2,1-3H3/t14-/m1/s1. The third-order valence-corrected chi connectivity index (χ3v) is 4.68. The second-order valence-corrected chi connectivity index (χ2v) is 6.93. The molecular weight excluding hydrogens is 316 g/mol. The van der Waals surface area contributed by atoms with Gasteiger partial charge in [0.1, 0.15) is 0 Å². The predicted octanol–water partition coefficient (Wildman–Crippen LogP) is 2.61. The highest BCUT2D eigenvalue weighted by Gasteiger charge is 2.23. The van der Waals surface area contributed by atoms with E-state index in [1.807, 2.05) is 17.0 Å². The monoisotopic (exact) mass is 342 g/mol. The summed E-state index contributed by atoms with van der Waals surface area (Å²) in [6, 6.07) is 8.44. The molecule has 1 amide bonds. The van der Waals surface area contributed by atoms with Gasteiger partial charge in [-0.2, -0.15) is 4.98 Å². The Balaban J connectivity index is 1.59. The van der Waals surface area contributed by atoms with Gasteiger partial charge in [-0.15, -0.1) is 0 Å². The predicted molar refractivity (Wildman–Crippen MR) is 96.2 cm³/mol. The van der Waals surface area contributed by atoms with Crippen LogP contribution in [0.4, 0.5) is 0 Å². The van der Waals surface area contributed by atoms with E-state index in [0.717, 1.165) is 25.2 Å². The number of aryl methyl sites for hydroxylation is 1. The molecule has 1 aliphatic heterocycles. The maximum absolute atomic E-state index is 12.4. The molecule has 1 saturated heterocycles. The van der Waals surface area contributed by atoms with Crippen LogP contribution in [-0.4, -0.2) is 46.6 Å². The zero-order valence-corrected chi connectivity index (χ0v) is 15.2. The summed E-state index contributed by atoms with van der Waals surface area (Å²) >= 11 is 0. The van der Waals surface area contributed by atoms with E-state index in [1.54, 1.807) is 0 Å². The first kappa shape index (κ1) is 17.6. The van der Waals surface area contributed by atoms with Crippen LogP contribution < -0.4 is 5.32 Å². The van der Waals surface area contributed by atoms with Crippen molar-refractivity contribution in [2.45, 2.75) is 45.6 Å². The molecular formula is C19H26N4O2. The molecule has 1 aromatic heterocycles. The number of hydrogen-bond donors (Lipinski definition) is 1. The number of nitrogens with one attached hydrogen (secondary N) is 1. The number of benzene rings is 1. The fourth-order valence-corrected chi connectivity index (χ4v) is 3.06. The maximum Gasteiger partial charge on any atom is 0.227 e. The van der Waals surface area contributed by atoms with Crippen LogP contribution in [0.3, 0.4) is 0 Å². The number of carbonyl (C=O) groups is 1. The topological polar surface area (TPSA) is 71.3 Å². The van der Waals surface area contributed by atoms with Gasteiger partial charge >= 0.3 is 0 Å². The van der Waals surface area contributed by atoms with E-state index in [1.165, 1.54) is 5.56 Å². The van der Waals surface area contributed by atoms with Crippen molar-refractivity contribution in [3.8, 4) is 11.4 Å². The van der Waals surface area contributed by atoms with Crippen LogP contribution in [-0.2, 0) is 11.2 Å². The average molecular weight is 342 g/mol. The Hall–Kier alpha value is -2.21. The minimum Gasteiger partial charge on any atom is -0.339 e. The first-order chi connectivity index (χ1) is 12.0. The summed E-state index contributed by atoms with van der Waals surface area (Å²) in [6.45, 7) is 8.86. The number of carbonyl (C=O) groups excluding carboxylic acids is 1. The van der Waals surface area contributed by atoms with E-state index in [4.69, 9.17) is 4.52 Å². The minimum absolute atomic E-state index is 0.148. The van der Waals surface area contributed by atoms with Crippen molar-refractivity contribution in [3.63, 3.8) is 0 Å². The lowest BCUT2D eigenvalue weighted by molar-refractivity contribution is -0.134. The third-order valence-electron chi connectivity index (χ3n) is 4.68. The number of aromatic nitrogens is 2. The molecule has 0 unspecified atom stereocenters. The summed E-state index contributed by atoms with van der Waals surface area (Å²) in [7, 11) is 0. The first-order valence-corrected chi connectivity index (χ1v) is 8.97. The molecule has 25 heavy (non-hydrogen) atoms. The molecule has 1 fully saturated rings. The van der Waals surface area contributed by atoms with Gasteiger partial charge in [0, 0.05) is 44.1 Å². The normalized spacial score (nSPS) is 17.9. The van der Waals surface area contributed by atoms with Crippen molar-refractivity contribution >= 4 is 5.91 Å². The van der Waals surface area contributed by atoms with Gasteiger partial charge in [-0.1, -0.05) is 43.3 Å². The van der Waals surface area contributed by atoms with Crippen molar-refractivity contribution in [1.29, 1.82) is 0 Å². The quantitative estimate of drug-likeness (QED) is 0.904. The van der Waals surface area contributed by atoms with Crippen LogP contribution in [0.2, 0.25) is 0 Å². The Morgan fingerprint density at radius 3 is 2.80 bits per heavy atom. The molecule has 1 N–H and O–H groups in total. The van der Waals surface area contributed by atoms with Crippen LogP contribution in [0.25, 0.3) is 11.4 Å². The Morgan fingerprint density at radius 1 is 1.36 bits per heavy atom. The number of nitrogens with zero attached hydrogens (tertiary/aromatic N) is 3. The van der Waals surface area contributed by atoms with Gasteiger partial charge in [0.25, 0.3) is 0 Å². The molecule has 0 bridgehead atoms. The molecule has 1 atom stereocenters. The van der Waals surface area contributed by atoms with Crippen LogP contribution in [0.5, 0.6) is 0 Å². The molecule has 0 radical (unpaired) electrons. The molecule has 1 aliphatic rings. The number of amides is 1. The number of rotatable bonds is 5. The molecule has 0 spiro atoms. The molecule has 6 nitrogen and oxygen atoms in total. The van der Waals surface area contributed by atoms with Crippen molar-refractivity contribution in [2.24, 2.45) is 0 Å². The molecule has 2 heterocycles. The largest absolute Gasteiger partial charge is 0.339 e. The number of piperazine rings is 1. The zero-order valence-electron chi connectivity index (χ0n) is 15.2. The van der Waals surface area contributed by atoms with Crippen molar-refractivity contribution < 1.29 is 9.32 Å². The van der Waals surface area contributed by atoms with Crippen LogP contribution in [0.1, 0.15) is 44.6 Å². The van der Waals surface area contributed by atoms with E-state index in [9.17, 15) is 4.79 Å². The van der Waals surface area contributed by atoms with Crippen molar-refractivity contribution in [1.82, 2.24) is 20.4 Å². The summed E-state index contributed by atoms with van der Waals surface area (Å²) in [5.41, 5.74) is 2.21. The van der Waals surface area contributed by atoms with Gasteiger partial charge in [-0.3, -0.25) is 4.79 Å². The molecule has 134 valence electrons. The van der Waals surface area contributed by atoms with Crippen LogP contribution in [0, 0.1) is 0 Å². The summed E-state index contributed by atoms with van der Waals surface area (Å²) in [5, 5.41) is 7.34. The van der Waals surface area contributed by atoms with E-state index in [-0.39, 0.29) is 11.9 Å². The Morgan fingerprint density at radius 2 is 2.12 bits per heavy atom. The van der Waals surface area contributed by atoms with Gasteiger partial charge in [0.2, 0.25) is 17.6 Å². The Bertz CT molecular complexity index is 708. The zero-order chi connectivity index (χ0) is 17.8. The van der Waals surface area contributed by atoms with E-state index in [2.05, 4.69) is 48.4 Å². The number of hydrogen-bond acceptors (Lipinski definition) is 5. The lowest BCUT2D eigenvalue weighted by Crippen LogP contribution is -2.52. The maximum atomic E-state index is 12.4. The fourth-order valence-electron chi connectivity index (χ4n) is 3.06. The molecule has 2 aromatic rings. The summed E-state index contributed by atoms with van der Waals surface area (Å²) < 4.78 is 5.32. The summed E-state index contributed by atoms with van der Waals surface area (Å²) in [4.78, 5) is 18.7. The highest BCUT2D eigenvalue weighted by atomic mass is 16.5. The second kappa shape index (κ2) is 7.78. The van der Waals surface area contributed by atoms with Gasteiger partial charge in [-0.05, 0) is 18.4 Å². The molecule has 0 saturated carbocycles. The highest BCUT2D eigenvalue weighted by Crippen LogP contribution is 2.21. The SMILES string of the molecule is CC(C)c1ccc(-c2noc(CCC(=O)N3CCNC[C@H]3C)n2)cc1. The highest BCUT2D eigenvalue weighted by molar-refractivity contribution is 5.76. The van der Waals surface area contributed by atoms with E-state index < -0.39 is 0 Å². The molecule has 1 aromatic carbocycles. The second-order valence-electron chi connectivity index (χ2n) is 6.93. The smallest absolute Gasteiger partial charge is 0.227 e. The van der Waals surface area contributed by atoms with Crippen molar-refractivity contribution in [2.75, 3.05) is 19.6 Å². The summed E-state index contributed by atoms with van der Waals surface area (Å²) in [5.74, 6) is 1.73. The van der Waals surface area contributed by atoms with E-state index >= 15 is 0 Å². The van der Waals surface area contributed by atoms with Crippen LogP contribution in [0.15, 0.2) is 28.8 Å². The van der Waals surface area contributed by atoms with Gasteiger partial charge in [0.05, 0.1) is 0 Å². The Kier molecular flexibility index (Phi) is 5.48. The van der Waals surface area contributed by atoms with E-state index in [0.29, 0.717) is 30.5 Å². The Labute approximate surface area is 148 Å². The lowest BCUT2D eigenvalue weighted by Gasteiger charge is -2.34. The first-order valence-electron chi connectivity index (χ1n) is 8.97. The fraction of sp³-hybridized carbons (Fsp3) is 0.526. The van der Waals surface area contributed by atoms with Crippen molar-refractivity contribution in [3.05, 3.63) is 35.7 Å². The van der Waals surface area contributed by atoms with Crippen LogP contribution >= 0.6 is 0 Å². The van der Waals surface area contributed by atoms with Gasteiger partial charge in [0.15, 0.2) is 0 Å². The van der Waals surface area contributed by atoms with Gasteiger partial charge in [-0.25, -0.2) is 0 Å². The summed E-state index contributed by atoms with van der Waals surface area (Å²) in [6.07, 6.45) is 0.880. The molecule has 0 aliphatic carbocycles. The third kappa shape index (κ3) is 4.25. The van der Waals surface area contributed by atoms with Gasteiger partial charge < -0.3 is 14.7 Å². The lowest BCUT2D eigenvalue weighted by atomic mass is 10.0. The minimum atomic E-state index is 0.148. The molecule has 6 heteroatoms. The average Bonchev–Trinajstić information content (AvgIpc) is 3.09.